The third-order valence-electron chi connectivity index (χ3n) is 3.25. The van der Waals surface area contributed by atoms with Gasteiger partial charge >= 0.3 is 6.18 Å². The van der Waals surface area contributed by atoms with Crippen LogP contribution < -0.4 is 5.32 Å². The largest absolute Gasteiger partial charge is 0.416 e. The molecule has 2 aromatic carbocycles. The molecule has 0 radical (unpaired) electrons. The van der Waals surface area contributed by atoms with Crippen LogP contribution in [0.25, 0.3) is 0 Å². The van der Waals surface area contributed by atoms with Gasteiger partial charge in [0.1, 0.15) is 0 Å². The van der Waals surface area contributed by atoms with E-state index in [1.807, 2.05) is 0 Å². The van der Waals surface area contributed by atoms with Gasteiger partial charge in [-0.2, -0.15) is 13.2 Å². The van der Waals surface area contributed by atoms with Crippen LogP contribution in [0.3, 0.4) is 0 Å². The third-order valence-corrected chi connectivity index (χ3v) is 3.50. The molecule has 2 aromatic rings. The van der Waals surface area contributed by atoms with Gasteiger partial charge in [0.15, 0.2) is 0 Å². The first-order valence-electron chi connectivity index (χ1n) is 6.67. The summed E-state index contributed by atoms with van der Waals surface area (Å²) in [6.45, 7) is 3.38. The van der Waals surface area contributed by atoms with E-state index in [0.717, 1.165) is 18.2 Å². The Labute approximate surface area is 136 Å². The Morgan fingerprint density at radius 3 is 1.96 bits per heavy atom. The maximum absolute atomic E-state index is 12.7. The van der Waals surface area contributed by atoms with Gasteiger partial charge in [-0.1, -0.05) is 42.4 Å². The molecular formula is C17H13ClF3NO. The van der Waals surface area contributed by atoms with Crippen molar-refractivity contribution in [1.29, 1.82) is 0 Å². The predicted molar refractivity (Wildman–Crippen MR) is 83.1 cm³/mol. The molecule has 23 heavy (non-hydrogen) atoms. The summed E-state index contributed by atoms with van der Waals surface area (Å²) in [4.78, 5) is 11.6. The molecule has 0 aromatic heterocycles. The Balaban J connectivity index is 2.38. The third kappa shape index (κ3) is 4.36. The van der Waals surface area contributed by atoms with Gasteiger partial charge in [0.2, 0.25) is 5.91 Å². The minimum atomic E-state index is -4.40. The van der Waals surface area contributed by atoms with Crippen molar-refractivity contribution in [2.75, 3.05) is 0 Å². The number of amides is 1. The minimum Gasteiger partial charge on any atom is -0.342 e. The highest BCUT2D eigenvalue weighted by Crippen LogP contribution is 2.31. The molecule has 0 aliphatic rings. The Hall–Kier alpha value is -2.27. The summed E-state index contributed by atoms with van der Waals surface area (Å²) in [6, 6.07) is 10.7. The zero-order valence-electron chi connectivity index (χ0n) is 11.9. The number of alkyl halides is 3. The predicted octanol–water partition coefficient (Wildman–Crippen LogP) is 4.75. The molecular weight excluding hydrogens is 327 g/mol. The van der Waals surface area contributed by atoms with Crippen LogP contribution in [0.15, 0.2) is 61.2 Å². The number of hydrogen-bond donors (Lipinski definition) is 1. The number of nitrogens with one attached hydrogen (secondary N) is 1. The fourth-order valence-electron chi connectivity index (χ4n) is 2.08. The minimum absolute atomic E-state index is 0.426. The van der Waals surface area contributed by atoms with Crippen molar-refractivity contribution in [2.45, 2.75) is 12.2 Å². The second kappa shape index (κ2) is 6.87. The van der Waals surface area contributed by atoms with E-state index in [2.05, 4.69) is 11.9 Å². The van der Waals surface area contributed by atoms with Crippen LogP contribution >= 0.6 is 11.6 Å². The van der Waals surface area contributed by atoms with E-state index in [0.29, 0.717) is 16.1 Å². The molecule has 0 fully saturated rings. The first-order valence-corrected chi connectivity index (χ1v) is 7.04. The van der Waals surface area contributed by atoms with Crippen molar-refractivity contribution in [3.63, 3.8) is 0 Å². The van der Waals surface area contributed by atoms with Crippen molar-refractivity contribution in [1.82, 2.24) is 5.32 Å². The van der Waals surface area contributed by atoms with Crippen molar-refractivity contribution >= 4 is 17.5 Å². The van der Waals surface area contributed by atoms with Crippen LogP contribution in [0, 0.1) is 0 Å². The van der Waals surface area contributed by atoms with E-state index in [-0.39, 0.29) is 0 Å². The number of rotatable bonds is 4. The van der Waals surface area contributed by atoms with Crippen LogP contribution in [0.2, 0.25) is 5.02 Å². The monoisotopic (exact) mass is 339 g/mol. The highest BCUT2D eigenvalue weighted by atomic mass is 35.5. The Bertz CT molecular complexity index is 693. The quantitative estimate of drug-likeness (QED) is 0.800. The number of benzene rings is 2. The number of carbonyl (C=O) groups excluding carboxylic acids is 1. The first kappa shape index (κ1) is 17.1. The van der Waals surface area contributed by atoms with Crippen LogP contribution in [-0.4, -0.2) is 5.91 Å². The number of hydrogen-bond acceptors (Lipinski definition) is 1. The van der Waals surface area contributed by atoms with Crippen molar-refractivity contribution in [2.24, 2.45) is 0 Å². The summed E-state index contributed by atoms with van der Waals surface area (Å²) < 4.78 is 38.0. The SMILES string of the molecule is C=CC(=O)NC(c1ccc(Cl)cc1)c1ccc(C(F)(F)F)cc1. The fourth-order valence-corrected chi connectivity index (χ4v) is 2.21. The second-order valence-corrected chi connectivity index (χ2v) is 5.25. The Morgan fingerprint density at radius 1 is 1.04 bits per heavy atom. The summed E-state index contributed by atoms with van der Waals surface area (Å²) >= 11 is 5.84. The van der Waals surface area contributed by atoms with Crippen LogP contribution in [0.4, 0.5) is 13.2 Å². The normalized spacial score (nSPS) is 12.5. The van der Waals surface area contributed by atoms with Crippen LogP contribution in [0.1, 0.15) is 22.7 Å². The topological polar surface area (TPSA) is 29.1 Å². The molecule has 0 aliphatic carbocycles. The van der Waals surface area contributed by atoms with Gasteiger partial charge in [-0.3, -0.25) is 4.79 Å². The molecule has 0 bridgehead atoms. The molecule has 1 atom stereocenters. The molecule has 0 aliphatic heterocycles. The van der Waals surface area contributed by atoms with Gasteiger partial charge in [0.05, 0.1) is 11.6 Å². The Kier molecular flexibility index (Phi) is 5.11. The highest BCUT2D eigenvalue weighted by molar-refractivity contribution is 6.30. The van der Waals surface area contributed by atoms with E-state index in [1.165, 1.54) is 12.1 Å². The van der Waals surface area contributed by atoms with Crippen molar-refractivity contribution in [3.8, 4) is 0 Å². The first-order chi connectivity index (χ1) is 10.8. The smallest absolute Gasteiger partial charge is 0.342 e. The molecule has 6 heteroatoms. The Morgan fingerprint density at radius 2 is 1.52 bits per heavy atom. The summed E-state index contributed by atoms with van der Waals surface area (Å²) in [6.07, 6.45) is -3.30. The maximum Gasteiger partial charge on any atom is 0.416 e. The van der Waals surface area contributed by atoms with E-state index in [4.69, 9.17) is 11.6 Å². The van der Waals surface area contributed by atoms with Crippen LogP contribution in [-0.2, 0) is 11.0 Å². The van der Waals surface area contributed by atoms with Crippen molar-refractivity contribution in [3.05, 3.63) is 82.9 Å². The molecule has 120 valence electrons. The molecule has 0 heterocycles. The molecule has 1 amide bonds. The maximum atomic E-state index is 12.7. The highest BCUT2D eigenvalue weighted by Gasteiger charge is 2.30. The average Bonchev–Trinajstić information content (AvgIpc) is 2.52. The summed E-state index contributed by atoms with van der Waals surface area (Å²) in [5.41, 5.74) is 0.478. The lowest BCUT2D eigenvalue weighted by molar-refractivity contribution is -0.137. The number of halogens is 4. The van der Waals surface area contributed by atoms with E-state index in [9.17, 15) is 18.0 Å². The molecule has 0 saturated carbocycles. The summed E-state index contributed by atoms with van der Waals surface area (Å²) in [5.74, 6) is -0.426. The zero-order valence-corrected chi connectivity index (χ0v) is 12.7. The molecule has 0 saturated heterocycles. The second-order valence-electron chi connectivity index (χ2n) is 4.82. The molecule has 2 rings (SSSR count). The summed E-state index contributed by atoms with van der Waals surface area (Å²) in [5, 5.41) is 3.22. The zero-order chi connectivity index (χ0) is 17.0. The standard InChI is InChI=1S/C17H13ClF3NO/c1-2-15(23)22-16(12-5-9-14(18)10-6-12)11-3-7-13(8-4-11)17(19,20)21/h2-10,16H,1H2,(H,22,23). The molecule has 1 unspecified atom stereocenters. The molecule has 1 N–H and O–H groups in total. The lowest BCUT2D eigenvalue weighted by Crippen LogP contribution is -2.27. The van der Waals surface area contributed by atoms with E-state index in [1.54, 1.807) is 24.3 Å². The van der Waals surface area contributed by atoms with Gasteiger partial charge in [0.25, 0.3) is 0 Å². The lowest BCUT2D eigenvalue weighted by atomic mass is 9.97. The number of carbonyl (C=O) groups is 1. The summed E-state index contributed by atoms with van der Waals surface area (Å²) in [7, 11) is 0. The average molecular weight is 340 g/mol. The van der Waals surface area contributed by atoms with Gasteiger partial charge in [-0.25, -0.2) is 0 Å². The van der Waals surface area contributed by atoms with Gasteiger partial charge < -0.3 is 5.32 Å². The van der Waals surface area contributed by atoms with Gasteiger partial charge in [0, 0.05) is 5.02 Å². The van der Waals surface area contributed by atoms with Gasteiger partial charge in [-0.15, -0.1) is 0 Å². The van der Waals surface area contributed by atoms with Crippen LogP contribution in [0.5, 0.6) is 0 Å². The van der Waals surface area contributed by atoms with Crippen molar-refractivity contribution < 1.29 is 18.0 Å². The van der Waals surface area contributed by atoms with Gasteiger partial charge in [-0.05, 0) is 41.5 Å². The lowest BCUT2D eigenvalue weighted by Gasteiger charge is -2.20. The molecule has 2 nitrogen and oxygen atoms in total. The molecule has 0 spiro atoms. The van der Waals surface area contributed by atoms with E-state index < -0.39 is 23.7 Å². The fraction of sp³-hybridized carbons (Fsp3) is 0.118. The van der Waals surface area contributed by atoms with E-state index >= 15 is 0 Å².